The quantitative estimate of drug-likeness (QED) is 0.354. The number of halogens is 1. The molecule has 0 radical (unpaired) electrons. The van der Waals surface area contributed by atoms with Crippen molar-refractivity contribution in [2.75, 3.05) is 42.7 Å². The molecule has 0 saturated carbocycles. The summed E-state index contributed by atoms with van der Waals surface area (Å²) >= 11 is 0. The van der Waals surface area contributed by atoms with Crippen LogP contribution in [-0.2, 0) is 4.79 Å². The van der Waals surface area contributed by atoms with E-state index in [1.54, 1.807) is 24.7 Å². The van der Waals surface area contributed by atoms with Crippen LogP contribution < -0.4 is 15.5 Å². The van der Waals surface area contributed by atoms with Gasteiger partial charge in [-0.3, -0.25) is 9.78 Å². The van der Waals surface area contributed by atoms with Gasteiger partial charge in [-0.2, -0.15) is 0 Å². The van der Waals surface area contributed by atoms with Gasteiger partial charge in [-0.1, -0.05) is 18.7 Å². The fourth-order valence-electron chi connectivity index (χ4n) is 4.64. The van der Waals surface area contributed by atoms with Gasteiger partial charge in [-0.25, -0.2) is 14.4 Å². The van der Waals surface area contributed by atoms with Gasteiger partial charge >= 0.3 is 0 Å². The van der Waals surface area contributed by atoms with Crippen LogP contribution in [-0.4, -0.2) is 59.0 Å². The number of carbonyl (C=O) groups is 1. The van der Waals surface area contributed by atoms with Crippen LogP contribution in [0.3, 0.4) is 0 Å². The van der Waals surface area contributed by atoms with Gasteiger partial charge in [0.2, 0.25) is 11.9 Å². The number of rotatable bonds is 7. The molecule has 2 N–H and O–H groups in total. The fourth-order valence-corrected chi connectivity index (χ4v) is 4.64. The standard InChI is InChI=1S/C28H28FN7O/c1-4-26(37)33-24-13-21(8-9-25(24)36(3)22-10-11-35(2)17-22)32-28-31-15-19-14-30-16-23(27(19)34-28)18-6-5-7-20(29)12-18/h4-9,12-16,22H,1,10-11,17H2,2-3H3,(H,33,37)(H,31,32,34). The summed E-state index contributed by atoms with van der Waals surface area (Å²) < 4.78 is 13.9. The lowest BCUT2D eigenvalue weighted by molar-refractivity contribution is -0.111. The first kappa shape index (κ1) is 24.3. The molecule has 9 heteroatoms. The number of hydrogen-bond donors (Lipinski definition) is 2. The second-order valence-electron chi connectivity index (χ2n) is 9.19. The van der Waals surface area contributed by atoms with Crippen molar-refractivity contribution in [3.63, 3.8) is 0 Å². The lowest BCUT2D eigenvalue weighted by Gasteiger charge is -2.29. The fraction of sp³-hybridized carbons (Fsp3) is 0.214. The summed E-state index contributed by atoms with van der Waals surface area (Å²) in [6, 6.07) is 12.5. The maximum Gasteiger partial charge on any atom is 0.247 e. The number of likely N-dealkylation sites (N-methyl/N-ethyl adjacent to an activating group) is 2. The van der Waals surface area contributed by atoms with Crippen molar-refractivity contribution in [2.24, 2.45) is 0 Å². The van der Waals surface area contributed by atoms with Gasteiger partial charge in [0, 0.05) is 54.9 Å². The van der Waals surface area contributed by atoms with E-state index in [1.807, 2.05) is 31.3 Å². The van der Waals surface area contributed by atoms with E-state index < -0.39 is 0 Å². The van der Waals surface area contributed by atoms with Crippen LogP contribution in [0.25, 0.3) is 22.0 Å². The number of pyridine rings is 1. The molecule has 2 aromatic heterocycles. The smallest absolute Gasteiger partial charge is 0.247 e. The highest BCUT2D eigenvalue weighted by atomic mass is 19.1. The SMILES string of the molecule is C=CC(=O)Nc1cc(Nc2ncc3cncc(-c4cccc(F)c4)c3n2)ccc1N(C)C1CCN(C)C1. The third-order valence-corrected chi connectivity index (χ3v) is 6.62. The summed E-state index contributed by atoms with van der Waals surface area (Å²) in [5.41, 5.74) is 4.33. The van der Waals surface area contributed by atoms with E-state index in [1.165, 1.54) is 18.2 Å². The summed E-state index contributed by atoms with van der Waals surface area (Å²) in [7, 11) is 4.16. The Hall–Kier alpha value is -4.37. The summed E-state index contributed by atoms with van der Waals surface area (Å²) in [6.45, 7) is 5.57. The molecule has 1 saturated heterocycles. The molecule has 3 heterocycles. The number of hydrogen-bond acceptors (Lipinski definition) is 7. The highest BCUT2D eigenvalue weighted by Crippen LogP contribution is 2.33. The second kappa shape index (κ2) is 10.3. The van der Waals surface area contributed by atoms with E-state index in [0.717, 1.165) is 30.6 Å². The van der Waals surface area contributed by atoms with Crippen LogP contribution in [0.15, 0.2) is 73.7 Å². The van der Waals surface area contributed by atoms with Gasteiger partial charge < -0.3 is 20.4 Å². The Morgan fingerprint density at radius 3 is 2.84 bits per heavy atom. The van der Waals surface area contributed by atoms with Crippen molar-refractivity contribution in [1.29, 1.82) is 0 Å². The maximum absolute atomic E-state index is 13.9. The third-order valence-electron chi connectivity index (χ3n) is 6.62. The molecule has 5 rings (SSSR count). The molecule has 1 amide bonds. The van der Waals surface area contributed by atoms with Gasteiger partial charge in [0.15, 0.2) is 0 Å². The van der Waals surface area contributed by atoms with Crippen LogP contribution in [0.2, 0.25) is 0 Å². The molecule has 1 aliphatic heterocycles. The van der Waals surface area contributed by atoms with Gasteiger partial charge in [0.1, 0.15) is 5.82 Å². The van der Waals surface area contributed by atoms with Crippen molar-refractivity contribution < 1.29 is 9.18 Å². The Balaban J connectivity index is 1.48. The predicted molar refractivity (Wildman–Crippen MR) is 146 cm³/mol. The number of nitrogens with zero attached hydrogens (tertiary/aromatic N) is 5. The average Bonchev–Trinajstić information content (AvgIpc) is 3.34. The topological polar surface area (TPSA) is 86.3 Å². The van der Waals surface area contributed by atoms with Crippen LogP contribution in [0.1, 0.15) is 6.42 Å². The predicted octanol–water partition coefficient (Wildman–Crippen LogP) is 4.84. The summed E-state index contributed by atoms with van der Waals surface area (Å²) in [6.07, 6.45) is 7.33. The van der Waals surface area contributed by atoms with E-state index in [0.29, 0.717) is 40.0 Å². The lowest BCUT2D eigenvalue weighted by atomic mass is 10.1. The van der Waals surface area contributed by atoms with Gasteiger partial charge in [-0.05, 0) is 62.0 Å². The van der Waals surface area contributed by atoms with E-state index in [2.05, 4.69) is 44.0 Å². The minimum absolute atomic E-state index is 0.287. The minimum atomic E-state index is -0.328. The Labute approximate surface area is 214 Å². The Morgan fingerprint density at radius 2 is 2.08 bits per heavy atom. The molecular weight excluding hydrogens is 469 g/mol. The van der Waals surface area contributed by atoms with Crippen molar-refractivity contribution in [3.8, 4) is 11.1 Å². The van der Waals surface area contributed by atoms with E-state index in [9.17, 15) is 9.18 Å². The molecule has 0 aliphatic carbocycles. The van der Waals surface area contributed by atoms with Crippen molar-refractivity contribution in [2.45, 2.75) is 12.5 Å². The molecule has 1 unspecified atom stereocenters. The first-order valence-corrected chi connectivity index (χ1v) is 12.0. The van der Waals surface area contributed by atoms with Crippen molar-refractivity contribution >= 4 is 39.8 Å². The van der Waals surface area contributed by atoms with Crippen molar-refractivity contribution in [3.05, 3.63) is 79.5 Å². The van der Waals surface area contributed by atoms with E-state index >= 15 is 0 Å². The zero-order valence-electron chi connectivity index (χ0n) is 20.8. The first-order valence-electron chi connectivity index (χ1n) is 12.0. The largest absolute Gasteiger partial charge is 0.369 e. The van der Waals surface area contributed by atoms with Crippen LogP contribution >= 0.6 is 0 Å². The van der Waals surface area contributed by atoms with E-state index in [4.69, 9.17) is 4.98 Å². The molecular formula is C28H28FN7O. The number of fused-ring (bicyclic) bond motifs is 1. The number of anilines is 4. The normalized spacial score (nSPS) is 15.5. The van der Waals surface area contributed by atoms with Crippen LogP contribution in [0, 0.1) is 5.82 Å². The highest BCUT2D eigenvalue weighted by Gasteiger charge is 2.25. The summed E-state index contributed by atoms with van der Waals surface area (Å²) in [5, 5.41) is 6.91. The highest BCUT2D eigenvalue weighted by molar-refractivity contribution is 6.02. The van der Waals surface area contributed by atoms with Gasteiger partial charge in [-0.15, -0.1) is 0 Å². The molecule has 1 aliphatic rings. The first-order chi connectivity index (χ1) is 17.9. The van der Waals surface area contributed by atoms with Crippen molar-refractivity contribution in [1.82, 2.24) is 19.9 Å². The molecule has 1 atom stereocenters. The maximum atomic E-state index is 13.9. The molecule has 0 bridgehead atoms. The Bertz CT molecular complexity index is 1470. The number of likely N-dealkylation sites (tertiary alicyclic amines) is 1. The summed E-state index contributed by atoms with van der Waals surface area (Å²) in [4.78, 5) is 30.1. The number of benzene rings is 2. The molecule has 188 valence electrons. The molecule has 8 nitrogen and oxygen atoms in total. The minimum Gasteiger partial charge on any atom is -0.369 e. The molecule has 0 spiro atoms. The third kappa shape index (κ3) is 5.26. The lowest BCUT2D eigenvalue weighted by Crippen LogP contribution is -2.34. The van der Waals surface area contributed by atoms with Crippen LogP contribution in [0.4, 0.5) is 27.4 Å². The zero-order valence-corrected chi connectivity index (χ0v) is 20.8. The molecule has 2 aromatic carbocycles. The monoisotopic (exact) mass is 497 g/mol. The Morgan fingerprint density at radius 1 is 1.22 bits per heavy atom. The number of aromatic nitrogens is 3. The molecule has 4 aromatic rings. The van der Waals surface area contributed by atoms with Gasteiger partial charge in [0.05, 0.1) is 16.9 Å². The van der Waals surface area contributed by atoms with E-state index in [-0.39, 0.29) is 11.7 Å². The average molecular weight is 498 g/mol. The number of amides is 1. The number of nitrogens with one attached hydrogen (secondary N) is 2. The van der Waals surface area contributed by atoms with Crippen LogP contribution in [0.5, 0.6) is 0 Å². The number of carbonyl (C=O) groups excluding carboxylic acids is 1. The summed E-state index contributed by atoms with van der Waals surface area (Å²) in [5.74, 6) is -0.245. The van der Waals surface area contributed by atoms with Gasteiger partial charge in [0.25, 0.3) is 0 Å². The molecule has 1 fully saturated rings. The zero-order chi connectivity index (χ0) is 25.9. The second-order valence-corrected chi connectivity index (χ2v) is 9.19. The molecule has 37 heavy (non-hydrogen) atoms. The Kier molecular flexibility index (Phi) is 6.78.